The zero-order chi connectivity index (χ0) is 14.5. The minimum absolute atomic E-state index is 0.00886. The van der Waals surface area contributed by atoms with Gasteiger partial charge < -0.3 is 19.9 Å². The lowest BCUT2D eigenvalue weighted by Crippen LogP contribution is -2.26. The molecule has 1 aliphatic rings. The summed E-state index contributed by atoms with van der Waals surface area (Å²) in [6.45, 7) is 0.213. The van der Waals surface area contributed by atoms with Crippen LogP contribution in [0.2, 0.25) is 0 Å². The molecule has 20 heavy (non-hydrogen) atoms. The highest BCUT2D eigenvalue weighted by Crippen LogP contribution is 2.36. The number of aliphatic hydroxyl groups excluding tert-OH is 1. The molecule has 1 aliphatic carbocycles. The van der Waals surface area contributed by atoms with Crippen LogP contribution < -0.4 is 14.8 Å². The number of amides is 1. The van der Waals surface area contributed by atoms with E-state index in [-0.39, 0.29) is 19.1 Å². The van der Waals surface area contributed by atoms with E-state index >= 15 is 0 Å². The predicted molar refractivity (Wildman–Crippen MR) is 77.9 cm³/mol. The van der Waals surface area contributed by atoms with E-state index in [0.29, 0.717) is 28.4 Å². The van der Waals surface area contributed by atoms with E-state index < -0.39 is 0 Å². The van der Waals surface area contributed by atoms with E-state index in [9.17, 15) is 4.79 Å². The van der Waals surface area contributed by atoms with Gasteiger partial charge in [0.1, 0.15) is 0 Å². The van der Waals surface area contributed by atoms with Gasteiger partial charge in [-0.15, -0.1) is 0 Å². The minimum Gasteiger partial charge on any atom is -0.493 e. The lowest BCUT2D eigenvalue weighted by Gasteiger charge is -2.13. The molecule has 110 valence electrons. The molecular formula is C14H18BrNO4. The number of carbonyl (C=O) groups excluding carboxylic acids is 1. The maximum atomic E-state index is 11.6. The average Bonchev–Trinajstić information content (AvgIpc) is 3.23. The van der Waals surface area contributed by atoms with Gasteiger partial charge in [-0.05, 0) is 46.5 Å². The van der Waals surface area contributed by atoms with Crippen LogP contribution in [0.5, 0.6) is 11.5 Å². The molecule has 1 saturated carbocycles. The van der Waals surface area contributed by atoms with Crippen molar-refractivity contribution in [3.63, 3.8) is 0 Å². The van der Waals surface area contributed by atoms with Crippen LogP contribution in [0, 0.1) is 0 Å². The van der Waals surface area contributed by atoms with Gasteiger partial charge in [0.2, 0.25) is 5.91 Å². The smallest absolute Gasteiger partial charge is 0.223 e. The summed E-state index contributed by atoms with van der Waals surface area (Å²) in [6, 6.07) is 3.85. The molecule has 0 bridgehead atoms. The van der Waals surface area contributed by atoms with E-state index in [4.69, 9.17) is 14.6 Å². The van der Waals surface area contributed by atoms with Crippen molar-refractivity contribution in [1.29, 1.82) is 0 Å². The van der Waals surface area contributed by atoms with Gasteiger partial charge in [0.15, 0.2) is 11.5 Å². The lowest BCUT2D eigenvalue weighted by atomic mass is 10.2. The summed E-state index contributed by atoms with van der Waals surface area (Å²) in [5, 5.41) is 12.0. The third-order valence-corrected chi connectivity index (χ3v) is 3.58. The van der Waals surface area contributed by atoms with Crippen molar-refractivity contribution < 1.29 is 19.4 Å². The van der Waals surface area contributed by atoms with Crippen molar-refractivity contribution in [3.05, 3.63) is 22.2 Å². The Kier molecular flexibility index (Phi) is 5.25. The first-order valence-corrected chi connectivity index (χ1v) is 7.32. The number of ether oxygens (including phenoxy) is 2. The van der Waals surface area contributed by atoms with Crippen molar-refractivity contribution >= 4 is 21.8 Å². The number of halogens is 1. The summed E-state index contributed by atoms with van der Waals surface area (Å²) in [4.78, 5) is 11.6. The summed E-state index contributed by atoms with van der Waals surface area (Å²) in [6.07, 6.45) is 2.47. The highest BCUT2D eigenvalue weighted by atomic mass is 79.9. The number of aliphatic hydroxyl groups is 1. The number of hydrogen-bond acceptors (Lipinski definition) is 4. The molecule has 0 aromatic heterocycles. The fraction of sp³-hybridized carbons (Fsp3) is 0.500. The summed E-state index contributed by atoms with van der Waals surface area (Å²) in [5.74, 6) is 1.09. The van der Waals surface area contributed by atoms with E-state index in [1.807, 2.05) is 0 Å². The molecule has 0 atom stereocenters. The number of benzene rings is 1. The maximum absolute atomic E-state index is 11.6. The van der Waals surface area contributed by atoms with Gasteiger partial charge in [0.25, 0.3) is 0 Å². The first-order valence-electron chi connectivity index (χ1n) is 6.53. The molecule has 2 N–H and O–H groups in total. The van der Waals surface area contributed by atoms with Crippen LogP contribution in [0.3, 0.4) is 0 Å². The van der Waals surface area contributed by atoms with Gasteiger partial charge in [0, 0.05) is 6.04 Å². The van der Waals surface area contributed by atoms with E-state index in [1.165, 1.54) is 7.11 Å². The number of rotatable bonds is 7. The van der Waals surface area contributed by atoms with Crippen molar-refractivity contribution in [2.45, 2.75) is 31.9 Å². The van der Waals surface area contributed by atoms with Gasteiger partial charge in [-0.1, -0.05) is 0 Å². The van der Waals surface area contributed by atoms with E-state index in [1.54, 1.807) is 12.1 Å². The average molecular weight is 344 g/mol. The van der Waals surface area contributed by atoms with Crippen LogP contribution in [0.25, 0.3) is 0 Å². The zero-order valence-electron chi connectivity index (χ0n) is 11.3. The molecule has 0 aliphatic heterocycles. The molecule has 1 amide bonds. The Balaban J connectivity index is 1.92. The number of methoxy groups -OCH3 is 1. The monoisotopic (exact) mass is 343 g/mol. The maximum Gasteiger partial charge on any atom is 0.223 e. The van der Waals surface area contributed by atoms with Crippen LogP contribution in [-0.2, 0) is 11.4 Å². The minimum atomic E-state index is -0.0704. The normalized spacial score (nSPS) is 13.9. The Bertz CT molecular complexity index is 488. The second kappa shape index (κ2) is 6.95. The zero-order valence-corrected chi connectivity index (χ0v) is 12.9. The Morgan fingerprint density at radius 3 is 2.85 bits per heavy atom. The molecule has 1 aromatic carbocycles. The molecule has 0 heterocycles. The van der Waals surface area contributed by atoms with Crippen molar-refractivity contribution in [1.82, 2.24) is 5.32 Å². The number of hydrogen-bond donors (Lipinski definition) is 2. The highest BCUT2D eigenvalue weighted by molar-refractivity contribution is 9.10. The van der Waals surface area contributed by atoms with Gasteiger partial charge in [-0.2, -0.15) is 0 Å². The molecule has 0 unspecified atom stereocenters. The molecule has 0 spiro atoms. The standard InChI is InChI=1S/C14H18BrNO4/c1-19-12-7-9(8-17)6-11(15)14(12)20-5-4-13(18)16-10-2-3-10/h6-7,10,17H,2-5,8H2,1H3,(H,16,18). The Hall–Kier alpha value is -1.27. The quantitative estimate of drug-likeness (QED) is 0.794. The van der Waals surface area contributed by atoms with Crippen molar-refractivity contribution in [2.24, 2.45) is 0 Å². The van der Waals surface area contributed by atoms with E-state index in [0.717, 1.165) is 18.4 Å². The van der Waals surface area contributed by atoms with Gasteiger partial charge >= 0.3 is 0 Å². The largest absolute Gasteiger partial charge is 0.493 e. The molecule has 5 nitrogen and oxygen atoms in total. The number of carbonyl (C=O) groups is 1. The van der Waals surface area contributed by atoms with Crippen LogP contribution >= 0.6 is 15.9 Å². The van der Waals surface area contributed by atoms with Gasteiger partial charge in [-0.25, -0.2) is 0 Å². The molecule has 1 fully saturated rings. The van der Waals surface area contributed by atoms with Gasteiger partial charge in [-0.3, -0.25) is 4.79 Å². The predicted octanol–water partition coefficient (Wildman–Crippen LogP) is 2.00. The molecule has 1 aromatic rings. The number of nitrogens with one attached hydrogen (secondary N) is 1. The fourth-order valence-electron chi connectivity index (χ4n) is 1.78. The Labute approximate surface area is 126 Å². The highest BCUT2D eigenvalue weighted by Gasteiger charge is 2.23. The molecule has 2 rings (SSSR count). The SMILES string of the molecule is COc1cc(CO)cc(Br)c1OCCC(=O)NC1CC1. The molecular weight excluding hydrogens is 326 g/mol. The first kappa shape index (κ1) is 15.1. The topological polar surface area (TPSA) is 67.8 Å². The summed E-state index contributed by atoms with van der Waals surface area (Å²) in [7, 11) is 1.54. The third kappa shape index (κ3) is 4.11. The van der Waals surface area contributed by atoms with Crippen molar-refractivity contribution in [3.8, 4) is 11.5 Å². The van der Waals surface area contributed by atoms with Gasteiger partial charge in [0.05, 0.1) is 31.2 Å². The third-order valence-electron chi connectivity index (χ3n) is 2.99. The molecule has 6 heteroatoms. The first-order chi connectivity index (χ1) is 9.63. The van der Waals surface area contributed by atoms with Crippen LogP contribution in [0.1, 0.15) is 24.8 Å². The summed E-state index contributed by atoms with van der Waals surface area (Å²) in [5.41, 5.74) is 0.729. The Morgan fingerprint density at radius 1 is 1.50 bits per heavy atom. The second-order valence-electron chi connectivity index (χ2n) is 4.71. The second-order valence-corrected chi connectivity index (χ2v) is 5.56. The Morgan fingerprint density at radius 2 is 2.25 bits per heavy atom. The molecule has 0 saturated heterocycles. The molecule has 0 radical (unpaired) electrons. The lowest BCUT2D eigenvalue weighted by molar-refractivity contribution is -0.121. The van der Waals surface area contributed by atoms with Crippen LogP contribution in [0.15, 0.2) is 16.6 Å². The van der Waals surface area contributed by atoms with Crippen LogP contribution in [0.4, 0.5) is 0 Å². The van der Waals surface area contributed by atoms with Crippen molar-refractivity contribution in [2.75, 3.05) is 13.7 Å². The fourth-order valence-corrected chi connectivity index (χ4v) is 2.38. The van der Waals surface area contributed by atoms with Crippen LogP contribution in [-0.4, -0.2) is 30.8 Å². The van der Waals surface area contributed by atoms with E-state index in [2.05, 4.69) is 21.2 Å². The summed E-state index contributed by atoms with van der Waals surface area (Å²) < 4.78 is 11.5. The summed E-state index contributed by atoms with van der Waals surface area (Å²) >= 11 is 3.38.